The number of hydrogen-bond acceptors (Lipinski definition) is 4. The molecule has 4 heteroatoms. The van der Waals surface area contributed by atoms with E-state index >= 15 is 0 Å². The molecule has 0 saturated heterocycles. The molecular formula is C36H32N2O2. The molecule has 0 aliphatic carbocycles. The predicted octanol–water partition coefficient (Wildman–Crippen LogP) is 9.06. The van der Waals surface area contributed by atoms with Gasteiger partial charge in [-0.15, -0.1) is 0 Å². The molecule has 2 N–H and O–H groups in total. The molecule has 0 unspecified atom stereocenters. The second kappa shape index (κ2) is 12.3. The van der Waals surface area contributed by atoms with Crippen molar-refractivity contribution in [2.45, 2.75) is 26.7 Å². The second-order valence-corrected chi connectivity index (χ2v) is 9.59. The van der Waals surface area contributed by atoms with Crippen LogP contribution in [0.4, 0.5) is 11.4 Å². The fourth-order valence-electron chi connectivity index (χ4n) is 4.73. The average molecular weight is 525 g/mol. The normalized spacial score (nSPS) is 11.4. The number of benzene rings is 5. The molecule has 5 aromatic carbocycles. The molecule has 0 aliphatic rings. The lowest BCUT2D eigenvalue weighted by molar-refractivity contribution is 0.467. The van der Waals surface area contributed by atoms with Crippen LogP contribution in [0.5, 0.6) is 11.5 Å². The molecule has 0 radical (unpaired) electrons. The maximum atomic E-state index is 10.9. The summed E-state index contributed by atoms with van der Waals surface area (Å²) in [5, 5.41) is 21.8. The smallest absolute Gasteiger partial charge is 0.127 e. The Bertz CT molecular complexity index is 1550. The van der Waals surface area contributed by atoms with Gasteiger partial charge in [0.1, 0.15) is 11.5 Å². The summed E-state index contributed by atoms with van der Waals surface area (Å²) < 4.78 is 0. The second-order valence-electron chi connectivity index (χ2n) is 9.59. The summed E-state index contributed by atoms with van der Waals surface area (Å²) in [7, 11) is 0. The first-order chi connectivity index (χ1) is 19.6. The van der Waals surface area contributed by atoms with Gasteiger partial charge in [-0.3, -0.25) is 9.98 Å². The highest BCUT2D eigenvalue weighted by molar-refractivity contribution is 5.92. The van der Waals surface area contributed by atoms with E-state index in [1.165, 1.54) is 0 Å². The Morgan fingerprint density at radius 2 is 0.875 bits per heavy atom. The molecular weight excluding hydrogens is 492 g/mol. The van der Waals surface area contributed by atoms with Crippen LogP contribution < -0.4 is 0 Å². The van der Waals surface area contributed by atoms with Gasteiger partial charge in [-0.2, -0.15) is 0 Å². The van der Waals surface area contributed by atoms with Gasteiger partial charge in [0.25, 0.3) is 0 Å². The zero-order valence-corrected chi connectivity index (χ0v) is 22.8. The highest BCUT2D eigenvalue weighted by Crippen LogP contribution is 2.33. The summed E-state index contributed by atoms with van der Waals surface area (Å²) in [5.74, 6) is 0.475. The Morgan fingerprint density at radius 1 is 0.500 bits per heavy atom. The van der Waals surface area contributed by atoms with Crippen LogP contribution in [-0.4, -0.2) is 22.6 Å². The molecule has 0 bridgehead atoms. The minimum atomic E-state index is 0.238. The summed E-state index contributed by atoms with van der Waals surface area (Å²) in [6.07, 6.45) is 4.80. The van der Waals surface area contributed by atoms with Gasteiger partial charge >= 0.3 is 0 Å². The number of rotatable bonds is 8. The van der Waals surface area contributed by atoms with Crippen molar-refractivity contribution in [2.75, 3.05) is 0 Å². The Balaban J connectivity index is 1.49. The number of para-hydroxylation sites is 2. The molecule has 4 nitrogen and oxygen atoms in total. The Kier molecular flexibility index (Phi) is 8.17. The largest absolute Gasteiger partial charge is 0.507 e. The van der Waals surface area contributed by atoms with E-state index < -0.39 is 0 Å². The van der Waals surface area contributed by atoms with Gasteiger partial charge in [-0.05, 0) is 82.6 Å². The molecule has 198 valence electrons. The van der Waals surface area contributed by atoms with Gasteiger partial charge < -0.3 is 10.2 Å². The molecule has 0 saturated carbocycles. The molecule has 5 rings (SSSR count). The van der Waals surface area contributed by atoms with Gasteiger partial charge in [-0.25, -0.2) is 0 Å². The van der Waals surface area contributed by atoms with Crippen LogP contribution in [0, 0.1) is 0 Å². The number of phenols is 2. The standard InChI is InChI=1S/C36H32N2O2/c1-3-25-19-29(27-13-7-5-8-14-27)21-31(35(25)39)23-37-33-17-11-12-18-34(33)38-24-32-22-30(20-26(4-2)36(32)40)28-15-9-6-10-16-28/h5-24,39-40H,3-4H2,1-2H3. The van der Waals surface area contributed by atoms with Crippen LogP contribution in [0.2, 0.25) is 0 Å². The van der Waals surface area contributed by atoms with Crippen LogP contribution in [0.3, 0.4) is 0 Å². The Labute approximate surface area is 235 Å². The monoisotopic (exact) mass is 524 g/mol. The van der Waals surface area contributed by atoms with Crippen LogP contribution in [0.1, 0.15) is 36.1 Å². The summed E-state index contributed by atoms with van der Waals surface area (Å²) in [6, 6.07) is 35.8. The van der Waals surface area contributed by atoms with E-state index in [4.69, 9.17) is 9.98 Å². The number of phenolic OH excluding ortho intramolecular Hbond substituents is 2. The SMILES string of the molecule is CCc1cc(-c2ccccc2)cc(C=Nc2ccccc2N=Cc2cc(-c3ccccc3)cc(CC)c2O)c1O. The molecule has 0 spiro atoms. The van der Waals surface area contributed by atoms with E-state index in [0.29, 0.717) is 35.3 Å². The zero-order valence-electron chi connectivity index (χ0n) is 22.8. The van der Waals surface area contributed by atoms with E-state index in [-0.39, 0.29) is 11.5 Å². The fraction of sp³-hybridized carbons (Fsp3) is 0.111. The highest BCUT2D eigenvalue weighted by Gasteiger charge is 2.11. The summed E-state index contributed by atoms with van der Waals surface area (Å²) in [5.41, 5.74) is 8.60. The highest BCUT2D eigenvalue weighted by atomic mass is 16.3. The first-order valence-electron chi connectivity index (χ1n) is 13.6. The van der Waals surface area contributed by atoms with Gasteiger partial charge in [-0.1, -0.05) is 86.6 Å². The van der Waals surface area contributed by atoms with Gasteiger partial charge in [0.2, 0.25) is 0 Å². The first kappa shape index (κ1) is 26.6. The molecule has 0 amide bonds. The number of aryl methyl sites for hydroxylation is 2. The molecule has 0 aromatic heterocycles. The predicted molar refractivity (Wildman–Crippen MR) is 167 cm³/mol. The van der Waals surface area contributed by atoms with Crippen molar-refractivity contribution < 1.29 is 10.2 Å². The fourth-order valence-corrected chi connectivity index (χ4v) is 4.73. The molecule has 40 heavy (non-hydrogen) atoms. The molecule has 0 aliphatic heterocycles. The van der Waals surface area contributed by atoms with Crippen LogP contribution in [-0.2, 0) is 12.8 Å². The quantitative estimate of drug-likeness (QED) is 0.199. The van der Waals surface area contributed by atoms with Crippen molar-refractivity contribution in [3.63, 3.8) is 0 Å². The minimum absolute atomic E-state index is 0.238. The van der Waals surface area contributed by atoms with E-state index in [2.05, 4.69) is 24.3 Å². The van der Waals surface area contributed by atoms with Crippen LogP contribution in [0.25, 0.3) is 22.3 Å². The lowest BCUT2D eigenvalue weighted by atomic mass is 9.98. The van der Waals surface area contributed by atoms with Crippen molar-refractivity contribution in [1.29, 1.82) is 0 Å². The van der Waals surface area contributed by atoms with E-state index in [9.17, 15) is 10.2 Å². The maximum Gasteiger partial charge on any atom is 0.127 e. The molecule has 0 heterocycles. The summed E-state index contributed by atoms with van der Waals surface area (Å²) >= 11 is 0. The third-order valence-corrected chi connectivity index (χ3v) is 6.98. The Hall–Kier alpha value is -4.96. The van der Waals surface area contributed by atoms with Gasteiger partial charge in [0.05, 0.1) is 11.4 Å². The number of hydrogen-bond donors (Lipinski definition) is 2. The van der Waals surface area contributed by atoms with Crippen molar-refractivity contribution in [1.82, 2.24) is 0 Å². The summed E-state index contributed by atoms with van der Waals surface area (Å²) in [6.45, 7) is 4.06. The van der Waals surface area contributed by atoms with E-state index in [1.807, 2.05) is 98.8 Å². The number of aliphatic imine (C=N–C) groups is 2. The zero-order chi connectivity index (χ0) is 27.9. The molecule has 0 atom stereocenters. The number of aromatic hydroxyl groups is 2. The van der Waals surface area contributed by atoms with Crippen molar-refractivity contribution in [3.8, 4) is 33.8 Å². The third-order valence-electron chi connectivity index (χ3n) is 6.98. The number of nitrogens with zero attached hydrogens (tertiary/aromatic N) is 2. The van der Waals surface area contributed by atoms with E-state index in [0.717, 1.165) is 33.4 Å². The van der Waals surface area contributed by atoms with E-state index in [1.54, 1.807) is 12.4 Å². The molecule has 0 fully saturated rings. The first-order valence-corrected chi connectivity index (χ1v) is 13.6. The topological polar surface area (TPSA) is 65.2 Å². The van der Waals surface area contributed by atoms with Crippen molar-refractivity contribution in [2.24, 2.45) is 9.98 Å². The lowest BCUT2D eigenvalue weighted by Crippen LogP contribution is -1.92. The average Bonchev–Trinajstić information content (AvgIpc) is 3.01. The maximum absolute atomic E-state index is 10.9. The van der Waals surface area contributed by atoms with Gasteiger partial charge in [0, 0.05) is 23.6 Å². The van der Waals surface area contributed by atoms with Crippen molar-refractivity contribution in [3.05, 3.63) is 131 Å². The lowest BCUT2D eigenvalue weighted by Gasteiger charge is -2.11. The van der Waals surface area contributed by atoms with Crippen molar-refractivity contribution >= 4 is 23.8 Å². The minimum Gasteiger partial charge on any atom is -0.507 e. The Morgan fingerprint density at radius 3 is 1.25 bits per heavy atom. The molecule has 5 aromatic rings. The summed E-state index contributed by atoms with van der Waals surface area (Å²) in [4.78, 5) is 9.44. The van der Waals surface area contributed by atoms with Crippen LogP contribution in [0.15, 0.2) is 119 Å². The van der Waals surface area contributed by atoms with Crippen LogP contribution >= 0.6 is 0 Å². The van der Waals surface area contributed by atoms with Gasteiger partial charge in [0.15, 0.2) is 0 Å². The third kappa shape index (κ3) is 5.87.